The fraction of sp³-hybridized carbons (Fsp3) is 0.458. The zero-order valence-corrected chi connectivity index (χ0v) is 18.2. The molecule has 2 aliphatic rings. The van der Waals surface area contributed by atoms with Crippen LogP contribution in [-0.4, -0.2) is 44.8 Å². The van der Waals surface area contributed by atoms with Gasteiger partial charge in [0, 0.05) is 32.1 Å². The highest BCUT2D eigenvalue weighted by Crippen LogP contribution is 2.24. The van der Waals surface area contributed by atoms with Crippen molar-refractivity contribution in [2.45, 2.75) is 57.5 Å². The fourth-order valence-electron chi connectivity index (χ4n) is 4.67. The number of benzene rings is 1. The summed E-state index contributed by atoms with van der Waals surface area (Å²) in [5.41, 5.74) is 3.06. The standard InChI is InChI=1S/C24H28N6O2/c31-23(11-14-30-16-25-21-8-4-2-6-19(21)24(30)32)26-18-9-12-29(13-10-18)22-15-17-5-1-3-7-20(17)27-28-22/h2,4,6,8,15-16,18H,1,3,5,7,9-14H2,(H,26,31). The van der Waals surface area contributed by atoms with Gasteiger partial charge in [0.2, 0.25) is 5.91 Å². The second-order valence-corrected chi connectivity index (χ2v) is 8.72. The molecule has 166 valence electrons. The average molecular weight is 433 g/mol. The zero-order chi connectivity index (χ0) is 21.9. The van der Waals surface area contributed by atoms with Crippen LogP contribution in [0.1, 0.15) is 43.4 Å². The van der Waals surface area contributed by atoms with Gasteiger partial charge in [-0.25, -0.2) is 4.98 Å². The predicted molar refractivity (Wildman–Crippen MR) is 123 cm³/mol. The molecular formula is C24H28N6O2. The third-order valence-electron chi connectivity index (χ3n) is 6.55. The quantitative estimate of drug-likeness (QED) is 0.665. The second-order valence-electron chi connectivity index (χ2n) is 8.72. The first kappa shape index (κ1) is 20.6. The van der Waals surface area contributed by atoms with E-state index in [1.54, 1.807) is 6.07 Å². The molecule has 1 fully saturated rings. The number of piperidine rings is 1. The highest BCUT2D eigenvalue weighted by Gasteiger charge is 2.23. The van der Waals surface area contributed by atoms with Gasteiger partial charge in [-0.2, -0.15) is 5.10 Å². The molecule has 0 spiro atoms. The summed E-state index contributed by atoms with van der Waals surface area (Å²) >= 11 is 0. The molecule has 0 saturated carbocycles. The monoisotopic (exact) mass is 432 g/mol. The van der Waals surface area contributed by atoms with Gasteiger partial charge in [-0.05, 0) is 62.3 Å². The van der Waals surface area contributed by atoms with E-state index in [9.17, 15) is 9.59 Å². The van der Waals surface area contributed by atoms with Crippen molar-refractivity contribution in [3.8, 4) is 0 Å². The molecule has 1 amide bonds. The predicted octanol–water partition coefficient (Wildman–Crippen LogP) is 2.24. The minimum Gasteiger partial charge on any atom is -0.355 e. The number of rotatable bonds is 5. The molecule has 8 nitrogen and oxygen atoms in total. The highest BCUT2D eigenvalue weighted by atomic mass is 16.2. The Kier molecular flexibility index (Phi) is 5.83. The summed E-state index contributed by atoms with van der Waals surface area (Å²) in [5.74, 6) is 0.927. The van der Waals surface area contributed by atoms with Crippen molar-refractivity contribution < 1.29 is 4.79 Å². The Morgan fingerprint density at radius 3 is 2.78 bits per heavy atom. The second kappa shape index (κ2) is 9.06. The lowest BCUT2D eigenvalue weighted by Crippen LogP contribution is -2.45. The molecule has 3 heterocycles. The molecule has 0 radical (unpaired) electrons. The van der Waals surface area contributed by atoms with Gasteiger partial charge < -0.3 is 10.2 Å². The molecule has 0 atom stereocenters. The van der Waals surface area contributed by atoms with Gasteiger partial charge in [0.1, 0.15) is 0 Å². The van der Waals surface area contributed by atoms with Crippen molar-refractivity contribution >= 4 is 22.6 Å². The number of nitrogens with one attached hydrogen (secondary N) is 1. The van der Waals surface area contributed by atoms with Gasteiger partial charge >= 0.3 is 0 Å². The van der Waals surface area contributed by atoms with Gasteiger partial charge in [-0.1, -0.05) is 12.1 Å². The molecule has 32 heavy (non-hydrogen) atoms. The molecule has 1 aromatic carbocycles. The molecular weight excluding hydrogens is 404 g/mol. The van der Waals surface area contributed by atoms with E-state index in [1.165, 1.54) is 29.3 Å². The number of fused-ring (bicyclic) bond motifs is 2. The lowest BCUT2D eigenvalue weighted by molar-refractivity contribution is -0.122. The molecule has 0 unspecified atom stereocenters. The van der Waals surface area contributed by atoms with Crippen LogP contribution < -0.4 is 15.8 Å². The van der Waals surface area contributed by atoms with Crippen molar-refractivity contribution in [3.05, 3.63) is 58.3 Å². The maximum Gasteiger partial charge on any atom is 0.261 e. The van der Waals surface area contributed by atoms with Crippen molar-refractivity contribution in [1.82, 2.24) is 25.1 Å². The Bertz CT molecular complexity index is 1180. The van der Waals surface area contributed by atoms with Crippen LogP contribution in [0.2, 0.25) is 0 Å². The molecule has 8 heteroatoms. The van der Waals surface area contributed by atoms with Gasteiger partial charge in [0.05, 0.1) is 22.9 Å². The Labute approximate surface area is 186 Å². The number of anilines is 1. The SMILES string of the molecule is O=C(CCn1cnc2ccccc2c1=O)NC1CCN(c2cc3c(nn2)CCCC3)CC1. The molecule has 0 bridgehead atoms. The molecule has 2 aromatic heterocycles. The summed E-state index contributed by atoms with van der Waals surface area (Å²) in [4.78, 5) is 31.6. The first-order chi connectivity index (χ1) is 15.7. The van der Waals surface area contributed by atoms with Gasteiger partial charge in [0.25, 0.3) is 5.56 Å². The molecule has 1 aliphatic heterocycles. The number of nitrogens with zero attached hydrogens (tertiary/aromatic N) is 5. The largest absolute Gasteiger partial charge is 0.355 e. The minimum absolute atomic E-state index is 0.0305. The van der Waals surface area contributed by atoms with Crippen LogP contribution in [0.25, 0.3) is 10.9 Å². The number of amides is 1. The normalized spacial score (nSPS) is 16.7. The smallest absolute Gasteiger partial charge is 0.261 e. The van der Waals surface area contributed by atoms with Crippen LogP contribution in [0.15, 0.2) is 41.5 Å². The van der Waals surface area contributed by atoms with E-state index >= 15 is 0 Å². The van der Waals surface area contributed by atoms with Gasteiger partial charge in [-0.15, -0.1) is 5.10 Å². The maximum absolute atomic E-state index is 12.6. The third-order valence-corrected chi connectivity index (χ3v) is 6.55. The summed E-state index contributed by atoms with van der Waals surface area (Å²) < 4.78 is 1.51. The Hall–Kier alpha value is -3.29. The summed E-state index contributed by atoms with van der Waals surface area (Å²) in [7, 11) is 0. The summed E-state index contributed by atoms with van der Waals surface area (Å²) in [6.45, 7) is 2.03. The number of para-hydroxylation sites is 1. The summed E-state index contributed by atoms with van der Waals surface area (Å²) in [5, 5.41) is 12.6. The lowest BCUT2D eigenvalue weighted by Gasteiger charge is -2.33. The fourth-order valence-corrected chi connectivity index (χ4v) is 4.67. The molecule has 1 saturated heterocycles. The molecule has 1 N–H and O–H groups in total. The first-order valence-electron chi connectivity index (χ1n) is 11.5. The van der Waals surface area contributed by atoms with Crippen molar-refractivity contribution in [3.63, 3.8) is 0 Å². The van der Waals surface area contributed by atoms with Crippen LogP contribution in [0.4, 0.5) is 5.82 Å². The van der Waals surface area contributed by atoms with Crippen LogP contribution in [-0.2, 0) is 24.2 Å². The van der Waals surface area contributed by atoms with Crippen LogP contribution in [0, 0.1) is 0 Å². The van der Waals surface area contributed by atoms with E-state index in [1.807, 2.05) is 18.2 Å². The summed E-state index contributed by atoms with van der Waals surface area (Å²) in [6, 6.07) is 9.62. The highest BCUT2D eigenvalue weighted by molar-refractivity contribution is 5.77. The zero-order valence-electron chi connectivity index (χ0n) is 18.2. The molecule has 5 rings (SSSR count). The van der Waals surface area contributed by atoms with Crippen LogP contribution in [0.3, 0.4) is 0 Å². The van der Waals surface area contributed by atoms with Crippen molar-refractivity contribution in [1.29, 1.82) is 0 Å². The van der Waals surface area contributed by atoms with E-state index in [0.717, 1.165) is 50.3 Å². The van der Waals surface area contributed by atoms with Gasteiger partial charge in [0.15, 0.2) is 5.82 Å². The van der Waals surface area contributed by atoms with E-state index in [-0.39, 0.29) is 23.9 Å². The number of carbonyl (C=O) groups is 1. The number of hydrogen-bond donors (Lipinski definition) is 1. The Balaban J connectivity index is 1.13. The number of hydrogen-bond acceptors (Lipinski definition) is 6. The topological polar surface area (TPSA) is 93.0 Å². The van der Waals surface area contributed by atoms with Crippen LogP contribution >= 0.6 is 0 Å². The van der Waals surface area contributed by atoms with Crippen LogP contribution in [0.5, 0.6) is 0 Å². The van der Waals surface area contributed by atoms with E-state index in [2.05, 4.69) is 31.5 Å². The van der Waals surface area contributed by atoms with Gasteiger partial charge in [-0.3, -0.25) is 14.2 Å². The third kappa shape index (κ3) is 4.35. The van der Waals surface area contributed by atoms with Crippen molar-refractivity contribution in [2.75, 3.05) is 18.0 Å². The first-order valence-corrected chi connectivity index (χ1v) is 11.5. The number of aryl methyl sites for hydroxylation is 3. The molecule has 3 aromatic rings. The Morgan fingerprint density at radius 1 is 1.09 bits per heavy atom. The minimum atomic E-state index is -0.108. The molecule has 1 aliphatic carbocycles. The van der Waals surface area contributed by atoms with E-state index < -0.39 is 0 Å². The summed E-state index contributed by atoms with van der Waals surface area (Å²) in [6.07, 6.45) is 8.11. The lowest BCUT2D eigenvalue weighted by atomic mass is 9.96. The number of carbonyl (C=O) groups excluding carboxylic acids is 1. The number of aromatic nitrogens is 4. The maximum atomic E-state index is 12.6. The Morgan fingerprint density at radius 2 is 1.91 bits per heavy atom. The van der Waals surface area contributed by atoms with E-state index in [0.29, 0.717) is 17.4 Å². The van der Waals surface area contributed by atoms with E-state index in [4.69, 9.17) is 0 Å². The average Bonchev–Trinajstić information content (AvgIpc) is 2.84. The van der Waals surface area contributed by atoms with Crippen molar-refractivity contribution in [2.24, 2.45) is 0 Å².